The Balaban J connectivity index is 2.08. The Morgan fingerprint density at radius 2 is 2.19 bits per heavy atom. The van der Waals surface area contributed by atoms with E-state index in [1.54, 1.807) is 0 Å². The molecular formula is C13H14N2O. The van der Waals surface area contributed by atoms with Gasteiger partial charge in [-0.3, -0.25) is 0 Å². The summed E-state index contributed by atoms with van der Waals surface area (Å²) in [7, 11) is 0. The Kier molecular flexibility index (Phi) is 2.17. The molecule has 1 aliphatic rings. The zero-order chi connectivity index (χ0) is 11.0. The van der Waals surface area contributed by atoms with Crippen molar-refractivity contribution in [3.8, 4) is 0 Å². The lowest BCUT2D eigenvalue weighted by Gasteiger charge is -2.23. The molecule has 2 N–H and O–H groups in total. The van der Waals surface area contributed by atoms with Crippen LogP contribution in [0.2, 0.25) is 0 Å². The normalized spacial score (nSPS) is 19.4. The van der Waals surface area contributed by atoms with Crippen LogP contribution >= 0.6 is 0 Å². The monoisotopic (exact) mass is 214 g/mol. The second-order valence-corrected chi connectivity index (χ2v) is 4.30. The maximum Gasteiger partial charge on any atom is 0.147 e. The molecule has 0 spiro atoms. The summed E-state index contributed by atoms with van der Waals surface area (Å²) in [4.78, 5) is 0. The van der Waals surface area contributed by atoms with Crippen LogP contribution in [-0.4, -0.2) is 5.16 Å². The highest BCUT2D eigenvalue weighted by molar-refractivity contribution is 5.47. The fourth-order valence-electron chi connectivity index (χ4n) is 2.56. The van der Waals surface area contributed by atoms with Gasteiger partial charge in [0.2, 0.25) is 0 Å². The molecule has 82 valence electrons. The molecule has 0 saturated carbocycles. The van der Waals surface area contributed by atoms with Crippen molar-refractivity contribution in [3.05, 3.63) is 47.3 Å². The molecule has 3 rings (SSSR count). The lowest BCUT2D eigenvalue weighted by molar-refractivity contribution is 0.404. The molecule has 16 heavy (non-hydrogen) atoms. The minimum Gasteiger partial charge on any atom is -0.395 e. The standard InChI is InChI=1S/C13H14N2O/c14-12-8-16-15-13(12)11-7-3-5-9-4-1-2-6-10(9)11/h1-2,4,6,8,11H,3,5,7,14H2. The van der Waals surface area contributed by atoms with E-state index in [4.69, 9.17) is 10.3 Å². The minimum atomic E-state index is 0.309. The number of hydrogen-bond acceptors (Lipinski definition) is 3. The van der Waals surface area contributed by atoms with E-state index in [-0.39, 0.29) is 0 Å². The highest BCUT2D eigenvalue weighted by atomic mass is 16.5. The molecule has 0 fully saturated rings. The molecule has 1 aromatic heterocycles. The van der Waals surface area contributed by atoms with Gasteiger partial charge in [0.05, 0.1) is 5.69 Å². The van der Waals surface area contributed by atoms with Crippen LogP contribution < -0.4 is 5.73 Å². The number of nitrogens with zero attached hydrogens (tertiary/aromatic N) is 1. The largest absolute Gasteiger partial charge is 0.395 e. The molecule has 0 amide bonds. The van der Waals surface area contributed by atoms with E-state index in [9.17, 15) is 0 Å². The van der Waals surface area contributed by atoms with Crippen LogP contribution in [0.5, 0.6) is 0 Å². The number of fused-ring (bicyclic) bond motifs is 1. The van der Waals surface area contributed by atoms with E-state index in [2.05, 4.69) is 29.4 Å². The lowest BCUT2D eigenvalue weighted by atomic mass is 9.81. The SMILES string of the molecule is Nc1conc1C1CCCc2ccccc21. The third-order valence-corrected chi connectivity index (χ3v) is 3.33. The molecule has 3 heteroatoms. The Labute approximate surface area is 94.2 Å². The summed E-state index contributed by atoms with van der Waals surface area (Å²) in [6.45, 7) is 0. The topological polar surface area (TPSA) is 52.0 Å². The van der Waals surface area contributed by atoms with Gasteiger partial charge in [0.15, 0.2) is 0 Å². The first-order valence-electron chi connectivity index (χ1n) is 5.64. The van der Waals surface area contributed by atoms with Crippen LogP contribution in [0.15, 0.2) is 35.1 Å². The number of nitrogens with two attached hydrogens (primary N) is 1. The van der Waals surface area contributed by atoms with Crippen molar-refractivity contribution in [2.24, 2.45) is 0 Å². The summed E-state index contributed by atoms with van der Waals surface area (Å²) in [5.74, 6) is 0.309. The average molecular weight is 214 g/mol. The quantitative estimate of drug-likeness (QED) is 0.794. The van der Waals surface area contributed by atoms with Gasteiger partial charge in [-0.2, -0.15) is 0 Å². The van der Waals surface area contributed by atoms with Crippen LogP contribution in [0.4, 0.5) is 5.69 Å². The molecule has 0 bridgehead atoms. The minimum absolute atomic E-state index is 0.309. The summed E-state index contributed by atoms with van der Waals surface area (Å²) in [6.07, 6.45) is 4.97. The van der Waals surface area contributed by atoms with E-state index in [1.165, 1.54) is 23.8 Å². The first-order chi connectivity index (χ1) is 7.86. The number of hydrogen-bond donors (Lipinski definition) is 1. The molecule has 1 unspecified atom stereocenters. The van der Waals surface area contributed by atoms with E-state index < -0.39 is 0 Å². The second kappa shape index (κ2) is 3.67. The van der Waals surface area contributed by atoms with Crippen LogP contribution in [0.3, 0.4) is 0 Å². The van der Waals surface area contributed by atoms with Crippen molar-refractivity contribution in [3.63, 3.8) is 0 Å². The molecule has 0 aliphatic heterocycles. The lowest BCUT2D eigenvalue weighted by Crippen LogP contribution is -2.12. The summed E-state index contributed by atoms with van der Waals surface area (Å²) in [6, 6.07) is 8.53. The van der Waals surface area contributed by atoms with E-state index in [0.717, 1.165) is 18.5 Å². The smallest absolute Gasteiger partial charge is 0.147 e. The van der Waals surface area contributed by atoms with Crippen LogP contribution in [-0.2, 0) is 6.42 Å². The molecule has 1 aliphatic carbocycles. The summed E-state index contributed by atoms with van der Waals surface area (Å²) < 4.78 is 4.94. The molecule has 0 saturated heterocycles. The van der Waals surface area contributed by atoms with Gasteiger partial charge in [0.1, 0.15) is 12.0 Å². The van der Waals surface area contributed by atoms with Gasteiger partial charge in [0, 0.05) is 5.92 Å². The molecule has 3 nitrogen and oxygen atoms in total. The second-order valence-electron chi connectivity index (χ2n) is 4.30. The average Bonchev–Trinajstić information content (AvgIpc) is 2.75. The van der Waals surface area contributed by atoms with Gasteiger partial charge >= 0.3 is 0 Å². The van der Waals surface area contributed by atoms with E-state index in [0.29, 0.717) is 11.6 Å². The van der Waals surface area contributed by atoms with Gasteiger partial charge in [-0.05, 0) is 30.4 Å². The Morgan fingerprint density at radius 3 is 3.00 bits per heavy atom. The molecule has 1 aromatic carbocycles. The Morgan fingerprint density at radius 1 is 1.31 bits per heavy atom. The Hall–Kier alpha value is -1.77. The van der Waals surface area contributed by atoms with Crippen molar-refractivity contribution in [1.29, 1.82) is 0 Å². The first kappa shape index (κ1) is 9.46. The summed E-state index contributed by atoms with van der Waals surface area (Å²) in [5.41, 5.74) is 10.2. The molecule has 1 heterocycles. The van der Waals surface area contributed by atoms with Crippen LogP contribution in [0.25, 0.3) is 0 Å². The number of benzene rings is 1. The van der Waals surface area contributed by atoms with Gasteiger partial charge in [-0.25, -0.2) is 0 Å². The summed E-state index contributed by atoms with van der Waals surface area (Å²) >= 11 is 0. The van der Waals surface area contributed by atoms with Crippen molar-refractivity contribution < 1.29 is 4.52 Å². The number of rotatable bonds is 1. The number of aromatic nitrogens is 1. The first-order valence-corrected chi connectivity index (χ1v) is 5.64. The van der Waals surface area contributed by atoms with Crippen molar-refractivity contribution >= 4 is 5.69 Å². The van der Waals surface area contributed by atoms with Gasteiger partial charge < -0.3 is 10.3 Å². The van der Waals surface area contributed by atoms with E-state index in [1.807, 2.05) is 0 Å². The van der Waals surface area contributed by atoms with Crippen molar-refractivity contribution in [2.75, 3.05) is 5.73 Å². The van der Waals surface area contributed by atoms with Gasteiger partial charge in [-0.1, -0.05) is 29.4 Å². The van der Waals surface area contributed by atoms with Gasteiger partial charge in [-0.15, -0.1) is 0 Å². The Bertz CT molecular complexity index is 504. The zero-order valence-corrected chi connectivity index (χ0v) is 9.02. The number of nitrogen functional groups attached to an aromatic ring is 1. The highest BCUT2D eigenvalue weighted by Crippen LogP contribution is 2.37. The third-order valence-electron chi connectivity index (χ3n) is 3.33. The van der Waals surface area contributed by atoms with Crippen LogP contribution in [0, 0.1) is 0 Å². The fourth-order valence-corrected chi connectivity index (χ4v) is 2.56. The van der Waals surface area contributed by atoms with Crippen molar-refractivity contribution in [2.45, 2.75) is 25.2 Å². The molecule has 1 atom stereocenters. The number of anilines is 1. The fraction of sp³-hybridized carbons (Fsp3) is 0.308. The predicted molar refractivity (Wildman–Crippen MR) is 62.1 cm³/mol. The zero-order valence-electron chi connectivity index (χ0n) is 9.02. The molecule has 0 radical (unpaired) electrons. The van der Waals surface area contributed by atoms with Gasteiger partial charge in [0.25, 0.3) is 0 Å². The maximum absolute atomic E-state index is 5.87. The molecular weight excluding hydrogens is 200 g/mol. The number of aryl methyl sites for hydroxylation is 1. The molecule has 2 aromatic rings. The third kappa shape index (κ3) is 1.40. The maximum atomic E-state index is 5.87. The predicted octanol–water partition coefficient (Wildman–Crippen LogP) is 2.73. The van der Waals surface area contributed by atoms with Crippen molar-refractivity contribution in [1.82, 2.24) is 5.16 Å². The highest BCUT2D eigenvalue weighted by Gasteiger charge is 2.25. The van der Waals surface area contributed by atoms with E-state index >= 15 is 0 Å². The summed E-state index contributed by atoms with van der Waals surface area (Å²) in [5, 5.41) is 4.04. The van der Waals surface area contributed by atoms with Crippen LogP contribution in [0.1, 0.15) is 35.6 Å².